The molecule has 6 nitrogen and oxygen atoms in total. The Morgan fingerprint density at radius 2 is 1.30 bits per heavy atom. The molecule has 0 aromatic heterocycles. The van der Waals surface area contributed by atoms with Crippen molar-refractivity contribution in [3.63, 3.8) is 0 Å². The van der Waals surface area contributed by atoms with Gasteiger partial charge in [0, 0.05) is 12.1 Å². The molecule has 2 fully saturated rings. The zero-order valence-corrected chi connectivity index (χ0v) is 22.7. The Bertz CT molecular complexity index is 946. The van der Waals surface area contributed by atoms with E-state index in [0.29, 0.717) is 0 Å². The second-order valence-corrected chi connectivity index (χ2v) is 10.9. The number of hydrogen-bond donors (Lipinski definition) is 3. The van der Waals surface area contributed by atoms with Crippen LogP contribution in [0.3, 0.4) is 0 Å². The second kappa shape index (κ2) is 14.2. The van der Waals surface area contributed by atoms with Crippen molar-refractivity contribution in [2.24, 2.45) is 0 Å². The maximum Gasteiger partial charge on any atom is 0.408 e. The van der Waals surface area contributed by atoms with Gasteiger partial charge >= 0.3 is 12.1 Å². The summed E-state index contributed by atoms with van der Waals surface area (Å²) >= 11 is 0. The van der Waals surface area contributed by atoms with Crippen LogP contribution >= 0.6 is 0 Å². The number of benzene rings is 2. The molecule has 0 radical (unpaired) electrons. The van der Waals surface area contributed by atoms with Gasteiger partial charge in [-0.15, -0.1) is 0 Å². The van der Waals surface area contributed by atoms with Gasteiger partial charge in [0.05, 0.1) is 0 Å². The lowest BCUT2D eigenvalue weighted by atomic mass is 9.91. The molecule has 1 atom stereocenters. The van der Waals surface area contributed by atoms with Crippen molar-refractivity contribution in [3.05, 3.63) is 60.2 Å². The predicted molar refractivity (Wildman–Crippen MR) is 149 cm³/mol. The topological polar surface area (TPSA) is 87.7 Å². The maximum atomic E-state index is 11.8. The summed E-state index contributed by atoms with van der Waals surface area (Å²) in [7, 11) is 0. The highest BCUT2D eigenvalue weighted by Gasteiger charge is 2.27. The summed E-state index contributed by atoms with van der Waals surface area (Å²) in [6.07, 6.45) is 13.8. The zero-order chi connectivity index (χ0) is 26.7. The van der Waals surface area contributed by atoms with Crippen LogP contribution in [0.2, 0.25) is 0 Å². The summed E-state index contributed by atoms with van der Waals surface area (Å²) < 4.78 is 5.38. The van der Waals surface area contributed by atoms with Crippen LogP contribution in [0.5, 0.6) is 0 Å². The fourth-order valence-corrected chi connectivity index (χ4v) is 5.13. The normalized spacial score (nSPS) is 17.7. The lowest BCUT2D eigenvalue weighted by Gasteiger charge is -2.30. The van der Waals surface area contributed by atoms with E-state index in [1.165, 1.54) is 71.1 Å². The molecule has 1 amide bonds. The highest BCUT2D eigenvalue weighted by Crippen LogP contribution is 2.28. The smallest absolute Gasteiger partial charge is 0.408 e. The first-order chi connectivity index (χ1) is 17.7. The lowest BCUT2D eigenvalue weighted by molar-refractivity contribution is -0.139. The molecule has 4 rings (SSSR count). The average Bonchev–Trinajstić information content (AvgIpc) is 2.90. The Balaban J connectivity index is 0.000000244. The zero-order valence-electron chi connectivity index (χ0n) is 22.7. The number of carbonyl (C=O) groups excluding carboxylic acids is 1. The third-order valence-electron chi connectivity index (χ3n) is 7.42. The van der Waals surface area contributed by atoms with E-state index in [-0.39, 0.29) is 0 Å². The largest absolute Gasteiger partial charge is 0.480 e. The van der Waals surface area contributed by atoms with E-state index in [9.17, 15) is 9.59 Å². The molecule has 0 unspecified atom stereocenters. The number of rotatable bonds is 7. The lowest BCUT2D eigenvalue weighted by Crippen LogP contribution is -2.41. The number of carboxylic acids is 1. The van der Waals surface area contributed by atoms with Crippen LogP contribution in [0.4, 0.5) is 4.79 Å². The molecule has 37 heavy (non-hydrogen) atoms. The van der Waals surface area contributed by atoms with Crippen molar-refractivity contribution in [3.8, 4) is 11.1 Å². The third kappa shape index (κ3) is 9.51. The van der Waals surface area contributed by atoms with Crippen LogP contribution in [0, 0.1) is 0 Å². The van der Waals surface area contributed by atoms with Crippen molar-refractivity contribution >= 4 is 12.1 Å². The van der Waals surface area contributed by atoms with E-state index in [4.69, 9.17) is 9.84 Å². The van der Waals surface area contributed by atoms with Gasteiger partial charge in [-0.2, -0.15) is 0 Å². The van der Waals surface area contributed by atoms with Crippen molar-refractivity contribution in [1.82, 2.24) is 10.6 Å². The van der Waals surface area contributed by atoms with Gasteiger partial charge in [-0.25, -0.2) is 4.79 Å². The number of alkyl carbamates (subject to hydrolysis) is 1. The standard InChI is InChI=1S/C19H21NO4.C12H23N/c1-13(17(21)22)20-18(23)24-19(2,3)16-11-9-15(10-12-16)14-7-5-4-6-8-14;1-3-7-11(8-4-1)13-12-9-5-2-6-10-12/h4-13H,1-3H3,(H,20,23)(H,21,22);11-13H,1-10H2/t13-;/m0./s1. The number of amides is 1. The van der Waals surface area contributed by atoms with Gasteiger partial charge in [0.1, 0.15) is 11.6 Å². The van der Waals surface area contributed by atoms with Gasteiger partial charge in [0.25, 0.3) is 0 Å². The summed E-state index contributed by atoms with van der Waals surface area (Å²) in [5.41, 5.74) is 2.12. The molecule has 2 saturated carbocycles. The molecule has 2 aliphatic rings. The number of hydrogen-bond acceptors (Lipinski definition) is 4. The molecule has 0 aliphatic heterocycles. The van der Waals surface area contributed by atoms with Gasteiger partial charge in [0.15, 0.2) is 0 Å². The first-order valence-corrected chi connectivity index (χ1v) is 13.9. The first-order valence-electron chi connectivity index (χ1n) is 13.9. The maximum absolute atomic E-state index is 11.8. The van der Waals surface area contributed by atoms with Crippen LogP contribution < -0.4 is 10.6 Å². The second-order valence-electron chi connectivity index (χ2n) is 10.9. The van der Waals surface area contributed by atoms with E-state index >= 15 is 0 Å². The first kappa shape index (κ1) is 28.7. The fraction of sp³-hybridized carbons (Fsp3) is 0.548. The minimum atomic E-state index is -1.11. The average molecular weight is 509 g/mol. The molecule has 3 N–H and O–H groups in total. The van der Waals surface area contributed by atoms with Gasteiger partial charge in [0.2, 0.25) is 0 Å². The van der Waals surface area contributed by atoms with Crippen LogP contribution in [0.15, 0.2) is 54.6 Å². The molecular formula is C31H44N2O4. The quantitative estimate of drug-likeness (QED) is 0.374. The Hall–Kier alpha value is -2.86. The summed E-state index contributed by atoms with van der Waals surface area (Å²) in [6, 6.07) is 18.4. The number of nitrogens with one attached hydrogen (secondary N) is 2. The monoisotopic (exact) mass is 508 g/mol. The Morgan fingerprint density at radius 3 is 1.78 bits per heavy atom. The molecule has 0 heterocycles. The van der Waals surface area contributed by atoms with Gasteiger partial charge in [-0.3, -0.25) is 4.79 Å². The summed E-state index contributed by atoms with van der Waals surface area (Å²) in [6.45, 7) is 4.90. The van der Waals surface area contributed by atoms with E-state index in [1.54, 1.807) is 13.8 Å². The number of carbonyl (C=O) groups is 2. The molecule has 0 bridgehead atoms. The SMILES string of the molecule is C1CCC(NC2CCCCC2)CC1.C[C@H](NC(=O)OC(C)(C)c1ccc(-c2ccccc2)cc1)C(=O)O. The third-order valence-corrected chi connectivity index (χ3v) is 7.42. The Labute approximate surface area is 222 Å². The van der Waals surface area contributed by atoms with Crippen LogP contribution in [-0.4, -0.2) is 35.3 Å². The minimum absolute atomic E-state index is 0.762. The van der Waals surface area contributed by atoms with E-state index in [1.807, 2.05) is 54.6 Å². The summed E-state index contributed by atoms with van der Waals surface area (Å²) in [5, 5.41) is 15.0. The molecule has 0 saturated heterocycles. The van der Waals surface area contributed by atoms with Crippen LogP contribution in [0.25, 0.3) is 11.1 Å². The van der Waals surface area contributed by atoms with E-state index in [0.717, 1.165) is 28.8 Å². The molecule has 202 valence electrons. The minimum Gasteiger partial charge on any atom is -0.480 e. The van der Waals surface area contributed by atoms with Gasteiger partial charge in [-0.1, -0.05) is 93.1 Å². The van der Waals surface area contributed by atoms with Crippen molar-refractivity contribution in [2.45, 2.75) is 109 Å². The fourth-order valence-electron chi connectivity index (χ4n) is 5.13. The highest BCUT2D eigenvalue weighted by molar-refractivity contribution is 5.79. The number of carboxylic acid groups (broad SMARTS) is 1. The Kier molecular flexibility index (Phi) is 11.0. The molecule has 6 heteroatoms. The summed E-state index contributed by atoms with van der Waals surface area (Å²) in [4.78, 5) is 22.6. The molecule has 2 aromatic rings. The summed E-state index contributed by atoms with van der Waals surface area (Å²) in [5.74, 6) is -1.11. The van der Waals surface area contributed by atoms with E-state index < -0.39 is 23.7 Å². The highest BCUT2D eigenvalue weighted by atomic mass is 16.6. The molecule has 2 aromatic carbocycles. The van der Waals surface area contributed by atoms with Crippen molar-refractivity contribution in [2.75, 3.05) is 0 Å². The van der Waals surface area contributed by atoms with E-state index in [2.05, 4.69) is 10.6 Å². The van der Waals surface area contributed by atoms with Crippen LogP contribution in [0.1, 0.15) is 90.5 Å². The Morgan fingerprint density at radius 1 is 0.811 bits per heavy atom. The van der Waals surface area contributed by atoms with Crippen molar-refractivity contribution in [1.29, 1.82) is 0 Å². The molecule has 0 spiro atoms. The van der Waals surface area contributed by atoms with Gasteiger partial charge < -0.3 is 20.5 Å². The van der Waals surface area contributed by atoms with Crippen molar-refractivity contribution < 1.29 is 19.4 Å². The van der Waals surface area contributed by atoms with Crippen LogP contribution in [-0.2, 0) is 15.1 Å². The predicted octanol–water partition coefficient (Wildman–Crippen LogP) is 7.03. The molecular weight excluding hydrogens is 464 g/mol. The molecule has 2 aliphatic carbocycles. The van der Waals surface area contributed by atoms with Gasteiger partial charge in [-0.05, 0) is 63.1 Å². The number of aliphatic carboxylic acids is 1. The number of ether oxygens (including phenoxy) is 1.